The van der Waals surface area contributed by atoms with Gasteiger partial charge in [-0.2, -0.15) is 0 Å². The van der Waals surface area contributed by atoms with Crippen molar-refractivity contribution in [3.05, 3.63) is 34.3 Å². The molecule has 0 aliphatic carbocycles. The van der Waals surface area contributed by atoms with Gasteiger partial charge in [0.05, 0.1) is 0 Å². The summed E-state index contributed by atoms with van der Waals surface area (Å²) < 4.78 is 0.883. The van der Waals surface area contributed by atoms with Crippen molar-refractivity contribution < 1.29 is 4.79 Å². The van der Waals surface area contributed by atoms with Gasteiger partial charge in [-0.05, 0) is 6.07 Å². The third kappa shape index (κ3) is 3.65. The van der Waals surface area contributed by atoms with Gasteiger partial charge in [0.1, 0.15) is 0 Å². The lowest BCUT2D eigenvalue weighted by Gasteiger charge is -2.34. The predicted molar refractivity (Wildman–Crippen MR) is 81.6 cm³/mol. The number of benzene rings is 1. The molecule has 0 saturated carbocycles. The van der Waals surface area contributed by atoms with Crippen molar-refractivity contribution in [3.63, 3.8) is 0 Å². The van der Waals surface area contributed by atoms with E-state index in [0.717, 1.165) is 42.8 Å². The number of hydrogen-bond acceptors (Lipinski definition) is 3. The summed E-state index contributed by atoms with van der Waals surface area (Å²) >= 11 is 3.47. The van der Waals surface area contributed by atoms with Crippen LogP contribution in [0.2, 0.25) is 0 Å². The van der Waals surface area contributed by atoms with Crippen LogP contribution in [0.4, 0.5) is 0 Å². The second-order valence-corrected chi connectivity index (χ2v) is 6.57. The number of hydrogen-bond donors (Lipinski definition) is 1. The third-order valence-corrected chi connectivity index (χ3v) is 4.25. The predicted octanol–water partition coefficient (Wildman–Crippen LogP) is 2.56. The first kappa shape index (κ1) is 14.7. The molecular formula is C15H21BrN2O. The SMILES string of the molecule is CC(C)(CN1CCNCC1)C(=O)c1ccccc1Br. The summed E-state index contributed by atoms with van der Waals surface area (Å²) in [4.78, 5) is 15.1. The number of piperazine rings is 1. The van der Waals surface area contributed by atoms with Gasteiger partial charge in [-0.15, -0.1) is 0 Å². The van der Waals surface area contributed by atoms with E-state index >= 15 is 0 Å². The van der Waals surface area contributed by atoms with Crippen LogP contribution in [0.25, 0.3) is 0 Å². The largest absolute Gasteiger partial charge is 0.314 e. The summed E-state index contributed by atoms with van der Waals surface area (Å²) in [5.41, 5.74) is 0.420. The van der Waals surface area contributed by atoms with Crippen molar-refractivity contribution in [1.29, 1.82) is 0 Å². The maximum Gasteiger partial charge on any atom is 0.170 e. The Hall–Kier alpha value is -0.710. The van der Waals surface area contributed by atoms with Crippen molar-refractivity contribution in [2.75, 3.05) is 32.7 Å². The van der Waals surface area contributed by atoms with Crippen molar-refractivity contribution in [2.24, 2.45) is 5.41 Å². The van der Waals surface area contributed by atoms with Crippen LogP contribution in [-0.2, 0) is 0 Å². The highest BCUT2D eigenvalue weighted by atomic mass is 79.9. The highest BCUT2D eigenvalue weighted by Gasteiger charge is 2.32. The number of halogens is 1. The molecule has 19 heavy (non-hydrogen) atoms. The van der Waals surface area contributed by atoms with E-state index in [1.165, 1.54) is 0 Å². The average molecular weight is 325 g/mol. The van der Waals surface area contributed by atoms with E-state index < -0.39 is 0 Å². The summed E-state index contributed by atoms with van der Waals surface area (Å²) in [5.74, 6) is 0.207. The molecule has 0 bridgehead atoms. The summed E-state index contributed by atoms with van der Waals surface area (Å²) in [6, 6.07) is 7.67. The lowest BCUT2D eigenvalue weighted by molar-refractivity contribution is 0.0751. The van der Waals surface area contributed by atoms with Gasteiger partial charge in [0.15, 0.2) is 5.78 Å². The second kappa shape index (κ2) is 6.16. The Balaban J connectivity index is 2.10. The topological polar surface area (TPSA) is 32.3 Å². The van der Waals surface area contributed by atoms with E-state index in [-0.39, 0.29) is 11.2 Å². The summed E-state index contributed by atoms with van der Waals surface area (Å²) in [6.45, 7) is 8.96. The molecule has 104 valence electrons. The number of carbonyl (C=O) groups excluding carboxylic acids is 1. The quantitative estimate of drug-likeness (QED) is 0.864. The van der Waals surface area contributed by atoms with Gasteiger partial charge in [-0.1, -0.05) is 48.0 Å². The second-order valence-electron chi connectivity index (χ2n) is 5.72. The maximum atomic E-state index is 12.7. The molecule has 4 heteroatoms. The molecule has 0 aromatic heterocycles. The van der Waals surface area contributed by atoms with E-state index in [1.54, 1.807) is 0 Å². The molecule has 1 aromatic rings. The molecule has 1 fully saturated rings. The van der Waals surface area contributed by atoms with Gasteiger partial charge in [0.25, 0.3) is 0 Å². The molecule has 1 aliphatic heterocycles. The summed E-state index contributed by atoms with van der Waals surface area (Å²) in [6.07, 6.45) is 0. The Morgan fingerprint density at radius 1 is 1.32 bits per heavy atom. The summed E-state index contributed by atoms with van der Waals surface area (Å²) in [7, 11) is 0. The maximum absolute atomic E-state index is 12.7. The molecular weight excluding hydrogens is 304 g/mol. The van der Waals surface area contributed by atoms with Crippen molar-refractivity contribution in [2.45, 2.75) is 13.8 Å². The fraction of sp³-hybridized carbons (Fsp3) is 0.533. The van der Waals surface area contributed by atoms with E-state index in [9.17, 15) is 4.79 Å². The first-order valence-corrected chi connectivity index (χ1v) is 7.52. The molecule has 1 aliphatic rings. The third-order valence-electron chi connectivity index (χ3n) is 3.56. The number of rotatable bonds is 4. The minimum atomic E-state index is -0.360. The number of nitrogens with one attached hydrogen (secondary N) is 1. The van der Waals surface area contributed by atoms with E-state index in [0.29, 0.717) is 0 Å². The molecule has 3 nitrogen and oxygen atoms in total. The number of Topliss-reactive ketones (excluding diaryl/α,β-unsaturated/α-hetero) is 1. The van der Waals surface area contributed by atoms with Crippen LogP contribution < -0.4 is 5.32 Å². The normalized spacial score (nSPS) is 17.4. The van der Waals surface area contributed by atoms with Crippen molar-refractivity contribution in [1.82, 2.24) is 10.2 Å². The van der Waals surface area contributed by atoms with Gasteiger partial charge < -0.3 is 5.32 Å². The zero-order chi connectivity index (χ0) is 13.9. The molecule has 0 amide bonds. The van der Waals surface area contributed by atoms with Gasteiger partial charge in [0.2, 0.25) is 0 Å². The fourth-order valence-corrected chi connectivity index (χ4v) is 2.97. The molecule has 0 unspecified atom stereocenters. The number of nitrogens with zero attached hydrogens (tertiary/aromatic N) is 1. The first-order chi connectivity index (χ1) is 9.00. The Bertz CT molecular complexity index is 453. The van der Waals surface area contributed by atoms with Crippen molar-refractivity contribution in [3.8, 4) is 0 Å². The van der Waals surface area contributed by atoms with Gasteiger partial charge in [-0.25, -0.2) is 0 Å². The highest BCUT2D eigenvalue weighted by molar-refractivity contribution is 9.10. The molecule has 1 saturated heterocycles. The van der Waals surface area contributed by atoms with Crippen LogP contribution in [0.15, 0.2) is 28.7 Å². The Labute approximate surface area is 123 Å². The van der Waals surface area contributed by atoms with Gasteiger partial charge in [0, 0.05) is 48.2 Å². The fourth-order valence-electron chi connectivity index (χ4n) is 2.51. The molecule has 0 radical (unpaired) electrons. The molecule has 1 N–H and O–H groups in total. The van der Waals surface area contributed by atoms with Crippen LogP contribution >= 0.6 is 15.9 Å². The van der Waals surface area contributed by atoms with E-state index in [1.807, 2.05) is 38.1 Å². The monoisotopic (exact) mass is 324 g/mol. The van der Waals surface area contributed by atoms with Crippen molar-refractivity contribution >= 4 is 21.7 Å². The minimum Gasteiger partial charge on any atom is -0.314 e. The minimum absolute atomic E-state index is 0.207. The Morgan fingerprint density at radius 2 is 1.95 bits per heavy atom. The average Bonchev–Trinajstić information content (AvgIpc) is 2.39. The first-order valence-electron chi connectivity index (χ1n) is 6.73. The zero-order valence-electron chi connectivity index (χ0n) is 11.6. The molecule has 0 atom stereocenters. The standard InChI is InChI=1S/C15H21BrN2O/c1-15(2,11-18-9-7-17-8-10-18)14(19)12-5-3-4-6-13(12)16/h3-6,17H,7-11H2,1-2H3. The summed E-state index contributed by atoms with van der Waals surface area (Å²) in [5, 5.41) is 3.34. The van der Waals surface area contributed by atoms with Gasteiger partial charge in [-0.3, -0.25) is 9.69 Å². The van der Waals surface area contributed by atoms with Crippen LogP contribution in [0.5, 0.6) is 0 Å². The lowest BCUT2D eigenvalue weighted by atomic mass is 9.83. The van der Waals surface area contributed by atoms with Crippen LogP contribution in [0, 0.1) is 5.41 Å². The van der Waals surface area contributed by atoms with Gasteiger partial charge >= 0.3 is 0 Å². The molecule has 2 rings (SSSR count). The number of ketones is 1. The smallest absolute Gasteiger partial charge is 0.170 e. The highest BCUT2D eigenvalue weighted by Crippen LogP contribution is 2.27. The van der Waals surface area contributed by atoms with E-state index in [2.05, 4.69) is 26.1 Å². The van der Waals surface area contributed by atoms with Crippen LogP contribution in [0.1, 0.15) is 24.2 Å². The zero-order valence-corrected chi connectivity index (χ0v) is 13.2. The lowest BCUT2D eigenvalue weighted by Crippen LogP contribution is -2.48. The van der Waals surface area contributed by atoms with Crippen LogP contribution in [0.3, 0.4) is 0 Å². The number of carbonyl (C=O) groups is 1. The Morgan fingerprint density at radius 3 is 2.58 bits per heavy atom. The van der Waals surface area contributed by atoms with E-state index in [4.69, 9.17) is 0 Å². The molecule has 1 heterocycles. The molecule has 1 aromatic carbocycles. The Kier molecular flexibility index (Phi) is 4.76. The van der Waals surface area contributed by atoms with Crippen LogP contribution in [-0.4, -0.2) is 43.4 Å². The molecule has 0 spiro atoms.